The van der Waals surface area contributed by atoms with Gasteiger partial charge >= 0.3 is 0 Å². The van der Waals surface area contributed by atoms with Crippen molar-refractivity contribution in [1.82, 2.24) is 15.2 Å². The first kappa shape index (κ1) is 12.3. The zero-order chi connectivity index (χ0) is 13.5. The van der Waals surface area contributed by atoms with E-state index in [-0.39, 0.29) is 5.91 Å². The Hall–Kier alpha value is -1.46. The molecule has 4 nitrogen and oxygen atoms in total. The minimum Gasteiger partial charge on any atom is -0.346 e. The summed E-state index contributed by atoms with van der Waals surface area (Å²) >= 11 is 1.58. The van der Waals surface area contributed by atoms with Crippen LogP contribution in [0.2, 0.25) is 0 Å². The lowest BCUT2D eigenvalue weighted by molar-refractivity contribution is 0.0618. The Bertz CT molecular complexity index is 645. The number of carbonyl (C=O) groups is 1. The molecule has 0 unspecified atom stereocenters. The molecule has 0 saturated carbocycles. The number of nitrogens with zero attached hydrogens (tertiary/aromatic N) is 2. The molecule has 5 heteroatoms. The molecule has 3 aliphatic heterocycles. The highest BCUT2D eigenvalue weighted by Crippen LogP contribution is 2.27. The van der Waals surface area contributed by atoms with Crippen molar-refractivity contribution in [2.45, 2.75) is 18.9 Å². The highest BCUT2D eigenvalue weighted by molar-refractivity contribution is 7.16. The van der Waals surface area contributed by atoms with Gasteiger partial charge in [-0.15, -0.1) is 11.3 Å². The van der Waals surface area contributed by atoms with Crippen molar-refractivity contribution >= 4 is 27.5 Å². The minimum absolute atomic E-state index is 0.0287. The van der Waals surface area contributed by atoms with Gasteiger partial charge in [0.1, 0.15) is 10.5 Å². The number of hydrogen-bond acceptors (Lipinski definition) is 4. The molecule has 104 valence electrons. The first-order chi connectivity index (χ1) is 9.79. The van der Waals surface area contributed by atoms with E-state index in [1.54, 1.807) is 11.3 Å². The van der Waals surface area contributed by atoms with E-state index >= 15 is 0 Å². The van der Waals surface area contributed by atoms with E-state index in [0.29, 0.717) is 17.7 Å². The van der Waals surface area contributed by atoms with Crippen LogP contribution in [0.25, 0.3) is 10.2 Å². The SMILES string of the molecule is O=C(N[C@H]1CN2CCC1CC2)c1ccc2ccsc2n1. The number of thiophene rings is 1. The van der Waals surface area contributed by atoms with Gasteiger partial charge in [0.05, 0.1) is 0 Å². The van der Waals surface area contributed by atoms with Crippen LogP contribution in [-0.2, 0) is 0 Å². The molecule has 5 rings (SSSR count). The number of carbonyl (C=O) groups excluding carboxylic acids is 1. The molecule has 0 aliphatic carbocycles. The summed E-state index contributed by atoms with van der Waals surface area (Å²) < 4.78 is 0. The second kappa shape index (κ2) is 4.82. The van der Waals surface area contributed by atoms with Crippen molar-refractivity contribution in [3.63, 3.8) is 0 Å². The summed E-state index contributed by atoms with van der Waals surface area (Å²) in [5.74, 6) is 0.619. The van der Waals surface area contributed by atoms with E-state index in [1.165, 1.54) is 25.9 Å². The summed E-state index contributed by atoms with van der Waals surface area (Å²) in [6.07, 6.45) is 2.42. The van der Waals surface area contributed by atoms with Gasteiger partial charge in [0, 0.05) is 18.0 Å². The molecule has 3 saturated heterocycles. The maximum Gasteiger partial charge on any atom is 0.270 e. The highest BCUT2D eigenvalue weighted by atomic mass is 32.1. The molecule has 5 heterocycles. The number of nitrogens with one attached hydrogen (secondary N) is 1. The highest BCUT2D eigenvalue weighted by Gasteiger charge is 2.35. The molecule has 2 aromatic rings. The van der Waals surface area contributed by atoms with Crippen LogP contribution in [0, 0.1) is 5.92 Å². The molecule has 0 aromatic carbocycles. The normalized spacial score (nSPS) is 28.7. The fourth-order valence-corrected chi connectivity index (χ4v) is 4.11. The van der Waals surface area contributed by atoms with Gasteiger partial charge < -0.3 is 10.2 Å². The molecule has 2 bridgehead atoms. The topological polar surface area (TPSA) is 45.2 Å². The van der Waals surface area contributed by atoms with Crippen molar-refractivity contribution in [3.05, 3.63) is 29.3 Å². The van der Waals surface area contributed by atoms with Gasteiger partial charge in [-0.05, 0) is 55.4 Å². The Morgan fingerprint density at radius 1 is 1.30 bits per heavy atom. The number of aromatic nitrogens is 1. The average molecular weight is 287 g/mol. The van der Waals surface area contributed by atoms with Crippen molar-refractivity contribution in [1.29, 1.82) is 0 Å². The second-order valence-electron chi connectivity index (χ2n) is 5.73. The zero-order valence-corrected chi connectivity index (χ0v) is 12.0. The number of hydrogen-bond donors (Lipinski definition) is 1. The molecule has 1 atom stereocenters. The van der Waals surface area contributed by atoms with Crippen LogP contribution in [0.1, 0.15) is 23.3 Å². The quantitative estimate of drug-likeness (QED) is 0.920. The lowest BCUT2D eigenvalue weighted by Gasteiger charge is -2.44. The fraction of sp³-hybridized carbons (Fsp3) is 0.467. The number of fused-ring (bicyclic) bond motifs is 4. The van der Waals surface area contributed by atoms with Gasteiger partial charge in [0.15, 0.2) is 0 Å². The number of piperidine rings is 3. The summed E-state index contributed by atoms with van der Waals surface area (Å²) in [4.78, 5) is 20.2. The summed E-state index contributed by atoms with van der Waals surface area (Å²) in [6, 6.07) is 6.13. The van der Waals surface area contributed by atoms with Gasteiger partial charge in [-0.2, -0.15) is 0 Å². The minimum atomic E-state index is -0.0287. The predicted molar refractivity (Wildman–Crippen MR) is 80.0 cm³/mol. The van der Waals surface area contributed by atoms with Gasteiger partial charge in [0.2, 0.25) is 0 Å². The van der Waals surface area contributed by atoms with Gasteiger partial charge in [-0.3, -0.25) is 4.79 Å². The Labute approximate surface area is 121 Å². The van der Waals surface area contributed by atoms with Crippen LogP contribution in [-0.4, -0.2) is 41.5 Å². The number of amides is 1. The third-order valence-corrected chi connectivity index (χ3v) is 5.34. The smallest absolute Gasteiger partial charge is 0.270 e. The van der Waals surface area contributed by atoms with Crippen molar-refractivity contribution in [2.75, 3.05) is 19.6 Å². The predicted octanol–water partition coefficient (Wildman–Crippen LogP) is 2.12. The van der Waals surface area contributed by atoms with Crippen molar-refractivity contribution in [3.8, 4) is 0 Å². The first-order valence-corrected chi connectivity index (χ1v) is 8.05. The van der Waals surface area contributed by atoms with Crippen LogP contribution in [0.3, 0.4) is 0 Å². The average Bonchev–Trinajstić information content (AvgIpc) is 2.96. The van der Waals surface area contributed by atoms with Crippen LogP contribution in [0.4, 0.5) is 0 Å². The maximum absolute atomic E-state index is 12.4. The van der Waals surface area contributed by atoms with E-state index < -0.39 is 0 Å². The third-order valence-electron chi connectivity index (χ3n) is 4.52. The van der Waals surface area contributed by atoms with Crippen LogP contribution in [0.5, 0.6) is 0 Å². The number of rotatable bonds is 2. The van der Waals surface area contributed by atoms with E-state index in [2.05, 4.69) is 15.2 Å². The van der Waals surface area contributed by atoms with Crippen LogP contribution in [0.15, 0.2) is 23.6 Å². The largest absolute Gasteiger partial charge is 0.346 e. The van der Waals surface area contributed by atoms with E-state index in [0.717, 1.165) is 16.8 Å². The Balaban J connectivity index is 1.52. The van der Waals surface area contributed by atoms with Crippen LogP contribution < -0.4 is 5.32 Å². The van der Waals surface area contributed by atoms with Crippen molar-refractivity contribution < 1.29 is 4.79 Å². The second-order valence-corrected chi connectivity index (χ2v) is 6.62. The molecular formula is C15H17N3OS. The lowest BCUT2D eigenvalue weighted by atomic mass is 9.84. The van der Waals surface area contributed by atoms with E-state index in [1.807, 2.05) is 23.6 Å². The molecule has 1 N–H and O–H groups in total. The maximum atomic E-state index is 12.4. The summed E-state index contributed by atoms with van der Waals surface area (Å²) in [5.41, 5.74) is 0.538. The van der Waals surface area contributed by atoms with Crippen molar-refractivity contribution in [2.24, 2.45) is 5.92 Å². The zero-order valence-electron chi connectivity index (χ0n) is 11.2. The Morgan fingerprint density at radius 3 is 2.90 bits per heavy atom. The van der Waals surface area contributed by atoms with Gasteiger partial charge in [-0.1, -0.05) is 0 Å². The summed E-state index contributed by atoms with van der Waals surface area (Å²) in [7, 11) is 0. The molecule has 1 amide bonds. The molecule has 0 spiro atoms. The number of pyridine rings is 1. The van der Waals surface area contributed by atoms with Gasteiger partial charge in [-0.25, -0.2) is 4.98 Å². The monoisotopic (exact) mass is 287 g/mol. The summed E-state index contributed by atoms with van der Waals surface area (Å²) in [6.45, 7) is 3.38. The molecule has 3 aliphatic rings. The van der Waals surface area contributed by atoms with E-state index in [4.69, 9.17) is 0 Å². The lowest BCUT2D eigenvalue weighted by Crippen LogP contribution is -2.57. The first-order valence-electron chi connectivity index (χ1n) is 7.17. The van der Waals surface area contributed by atoms with Crippen LogP contribution >= 0.6 is 11.3 Å². The molecule has 0 radical (unpaired) electrons. The molecule has 3 fully saturated rings. The third kappa shape index (κ3) is 2.11. The van der Waals surface area contributed by atoms with E-state index in [9.17, 15) is 4.79 Å². The molecular weight excluding hydrogens is 270 g/mol. The standard InChI is InChI=1S/C15H17N3OS/c19-14(12-2-1-11-5-8-20-15(11)17-12)16-13-9-18-6-3-10(13)4-7-18/h1-2,5,8,10,13H,3-4,6-7,9H2,(H,16,19)/t13-/m0/s1. The Kier molecular flexibility index (Phi) is 2.97. The molecule has 2 aromatic heterocycles. The Morgan fingerprint density at radius 2 is 2.15 bits per heavy atom. The fourth-order valence-electron chi connectivity index (χ4n) is 3.34. The van der Waals surface area contributed by atoms with Gasteiger partial charge in [0.25, 0.3) is 5.91 Å². The summed E-state index contributed by atoms with van der Waals surface area (Å²) in [5, 5.41) is 6.30. The molecule has 20 heavy (non-hydrogen) atoms.